The molecule has 2 aliphatic carbocycles. The van der Waals surface area contributed by atoms with Crippen LogP contribution < -0.4 is 0 Å². The Labute approximate surface area is 197 Å². The van der Waals surface area contributed by atoms with Crippen LogP contribution >= 0.6 is 0 Å². The molecular weight excluding hydrogens is 416 g/mol. The molecule has 5 nitrogen and oxygen atoms in total. The Bertz CT molecular complexity index is 923. The highest BCUT2D eigenvalue weighted by molar-refractivity contribution is 5.88. The van der Waals surface area contributed by atoms with Crippen LogP contribution in [0, 0.1) is 29.1 Å². The molecule has 3 aliphatic rings. The fourth-order valence-electron chi connectivity index (χ4n) is 6.05. The van der Waals surface area contributed by atoms with Gasteiger partial charge in [-0.1, -0.05) is 75.3 Å². The Morgan fingerprint density at radius 2 is 1.97 bits per heavy atom. The molecule has 0 radical (unpaired) electrons. The van der Waals surface area contributed by atoms with Crippen LogP contribution in [0.25, 0.3) is 0 Å². The number of methoxy groups -OCH3 is 1. The summed E-state index contributed by atoms with van der Waals surface area (Å²) in [5.41, 5.74) is 1.65. The van der Waals surface area contributed by atoms with E-state index in [-0.39, 0.29) is 34.9 Å². The summed E-state index contributed by atoms with van der Waals surface area (Å²) in [6.45, 7) is 11.3. The predicted octanol–water partition coefficient (Wildman–Crippen LogP) is 5.65. The largest absolute Gasteiger partial charge is 0.478 e. The van der Waals surface area contributed by atoms with Crippen molar-refractivity contribution in [1.29, 1.82) is 0 Å². The van der Waals surface area contributed by atoms with Crippen molar-refractivity contribution in [2.24, 2.45) is 29.1 Å². The zero-order chi connectivity index (χ0) is 24.4. The smallest absolute Gasteiger partial charge is 0.333 e. The van der Waals surface area contributed by atoms with Crippen LogP contribution in [0.2, 0.25) is 0 Å². The van der Waals surface area contributed by atoms with Crippen LogP contribution in [0.3, 0.4) is 0 Å². The van der Waals surface area contributed by atoms with Crippen LogP contribution in [0.15, 0.2) is 59.8 Å². The number of aliphatic carboxylic acids is 1. The van der Waals surface area contributed by atoms with E-state index < -0.39 is 5.97 Å². The van der Waals surface area contributed by atoms with Gasteiger partial charge in [0.2, 0.25) is 0 Å². The molecule has 1 fully saturated rings. The van der Waals surface area contributed by atoms with Gasteiger partial charge in [-0.3, -0.25) is 0 Å². The van der Waals surface area contributed by atoms with E-state index in [0.717, 1.165) is 24.5 Å². The van der Waals surface area contributed by atoms with Crippen LogP contribution in [-0.2, 0) is 19.1 Å². The lowest BCUT2D eigenvalue weighted by Crippen LogP contribution is -2.50. The normalized spacial score (nSPS) is 37.0. The number of rotatable bonds is 8. The minimum Gasteiger partial charge on any atom is -0.478 e. The Balaban J connectivity index is 1.97. The van der Waals surface area contributed by atoms with E-state index in [1.54, 1.807) is 6.08 Å². The average molecular weight is 455 g/mol. The SMILES string of the molecule is CC[C@@H](C)[C@H]1O[C@@]1(C)[C@]1(C)C(C)=C[C@@H]2CC(C(=O)OC)=CC[C@H]2[C@@H]1/C=C/C=C/C=C/C(=O)O. The Morgan fingerprint density at radius 3 is 2.61 bits per heavy atom. The van der Waals surface area contributed by atoms with Crippen molar-refractivity contribution in [2.45, 2.75) is 65.6 Å². The van der Waals surface area contributed by atoms with E-state index in [2.05, 4.69) is 52.8 Å². The van der Waals surface area contributed by atoms with Gasteiger partial charge < -0.3 is 14.6 Å². The van der Waals surface area contributed by atoms with Crippen molar-refractivity contribution in [3.63, 3.8) is 0 Å². The molecule has 1 N–H and O–H groups in total. The van der Waals surface area contributed by atoms with E-state index >= 15 is 0 Å². The number of hydrogen-bond donors (Lipinski definition) is 1. The molecule has 0 bridgehead atoms. The van der Waals surface area contributed by atoms with Crippen molar-refractivity contribution >= 4 is 11.9 Å². The van der Waals surface area contributed by atoms with Gasteiger partial charge >= 0.3 is 11.9 Å². The van der Waals surface area contributed by atoms with E-state index in [4.69, 9.17) is 14.6 Å². The third kappa shape index (κ3) is 4.65. The molecule has 33 heavy (non-hydrogen) atoms. The first-order valence-electron chi connectivity index (χ1n) is 12.0. The van der Waals surface area contributed by atoms with Crippen LogP contribution in [0.5, 0.6) is 0 Å². The molecule has 1 heterocycles. The molecule has 5 heteroatoms. The number of carboxylic acid groups (broad SMARTS) is 1. The number of carbonyl (C=O) groups is 2. The van der Waals surface area contributed by atoms with Crippen molar-refractivity contribution in [1.82, 2.24) is 0 Å². The summed E-state index contributed by atoms with van der Waals surface area (Å²) < 4.78 is 11.5. The van der Waals surface area contributed by atoms with Gasteiger partial charge in [-0.2, -0.15) is 0 Å². The number of fused-ring (bicyclic) bond motifs is 1. The first-order valence-corrected chi connectivity index (χ1v) is 12.0. The third-order valence-electron chi connectivity index (χ3n) is 8.44. The van der Waals surface area contributed by atoms with E-state index in [1.165, 1.54) is 18.8 Å². The van der Waals surface area contributed by atoms with Gasteiger partial charge in [0.15, 0.2) is 0 Å². The predicted molar refractivity (Wildman–Crippen MR) is 129 cm³/mol. The van der Waals surface area contributed by atoms with Crippen molar-refractivity contribution in [3.8, 4) is 0 Å². The van der Waals surface area contributed by atoms with Gasteiger partial charge in [-0.05, 0) is 50.4 Å². The summed E-state index contributed by atoms with van der Waals surface area (Å²) in [7, 11) is 1.44. The second-order valence-electron chi connectivity index (χ2n) is 10.1. The molecule has 0 unspecified atom stereocenters. The maximum atomic E-state index is 12.2. The van der Waals surface area contributed by atoms with Crippen molar-refractivity contribution in [3.05, 3.63) is 59.8 Å². The highest BCUT2D eigenvalue weighted by Gasteiger charge is 2.68. The quantitative estimate of drug-likeness (QED) is 0.169. The number of allylic oxidation sites excluding steroid dienone is 7. The summed E-state index contributed by atoms with van der Waals surface area (Å²) in [6.07, 6.45) is 17.8. The minimum atomic E-state index is -0.961. The lowest BCUT2D eigenvalue weighted by molar-refractivity contribution is -0.136. The molecule has 0 aromatic heterocycles. The Kier molecular flexibility index (Phi) is 7.52. The second-order valence-corrected chi connectivity index (χ2v) is 10.1. The minimum absolute atomic E-state index is 0.180. The van der Waals surface area contributed by atoms with E-state index in [9.17, 15) is 9.59 Å². The van der Waals surface area contributed by atoms with E-state index in [0.29, 0.717) is 18.3 Å². The number of epoxide rings is 1. The van der Waals surface area contributed by atoms with Gasteiger partial charge in [0.1, 0.15) is 5.60 Å². The third-order valence-corrected chi connectivity index (χ3v) is 8.44. The van der Waals surface area contributed by atoms with Crippen molar-refractivity contribution < 1.29 is 24.2 Å². The molecule has 1 aliphatic heterocycles. The first kappa shape index (κ1) is 25.2. The number of carbonyl (C=O) groups excluding carboxylic acids is 1. The molecular formula is C28H38O5. The fourth-order valence-corrected chi connectivity index (χ4v) is 6.05. The number of hydrogen-bond acceptors (Lipinski definition) is 4. The fraction of sp³-hybridized carbons (Fsp3) is 0.571. The zero-order valence-electron chi connectivity index (χ0n) is 20.7. The summed E-state index contributed by atoms with van der Waals surface area (Å²) >= 11 is 0. The topological polar surface area (TPSA) is 76.1 Å². The number of carboxylic acids is 1. The molecule has 3 rings (SSSR count). The molecule has 0 aromatic carbocycles. The molecule has 7 atom stereocenters. The standard InChI is InChI=1S/C28H38O5/c1-7-18(2)25-28(5,33-25)27(4)19(3)16-21-17-20(26(31)32-6)14-15-22(21)23(27)12-10-8-9-11-13-24(29)30/h8-14,16,18,21-23,25H,7,15,17H2,1-6H3,(H,29,30)/b9-8+,12-10+,13-11+/t18-,21-,22-,23+,25-,27-,28-/m1/s1. The van der Waals surface area contributed by atoms with Crippen LogP contribution in [-0.4, -0.2) is 35.9 Å². The van der Waals surface area contributed by atoms with Gasteiger partial charge in [0.25, 0.3) is 0 Å². The second kappa shape index (κ2) is 9.84. The summed E-state index contributed by atoms with van der Waals surface area (Å²) in [6, 6.07) is 0. The molecule has 0 amide bonds. The number of ether oxygens (including phenoxy) is 2. The highest BCUT2D eigenvalue weighted by atomic mass is 16.6. The Morgan fingerprint density at radius 1 is 1.27 bits per heavy atom. The van der Waals surface area contributed by atoms with Crippen LogP contribution in [0.1, 0.15) is 53.9 Å². The number of esters is 1. The average Bonchev–Trinajstić information content (AvgIpc) is 3.49. The lowest BCUT2D eigenvalue weighted by atomic mass is 9.51. The lowest BCUT2D eigenvalue weighted by Gasteiger charge is -2.51. The maximum absolute atomic E-state index is 12.2. The van der Waals surface area contributed by atoms with Gasteiger partial charge in [-0.25, -0.2) is 9.59 Å². The molecule has 180 valence electrons. The molecule has 1 saturated heterocycles. The zero-order valence-corrected chi connectivity index (χ0v) is 20.7. The molecule has 0 saturated carbocycles. The highest BCUT2D eigenvalue weighted by Crippen LogP contribution is 2.65. The van der Waals surface area contributed by atoms with Gasteiger partial charge in [-0.15, -0.1) is 0 Å². The monoisotopic (exact) mass is 454 g/mol. The molecule has 0 aromatic rings. The van der Waals surface area contributed by atoms with Gasteiger partial charge in [0.05, 0.1) is 13.2 Å². The maximum Gasteiger partial charge on any atom is 0.333 e. The first-order chi connectivity index (χ1) is 15.6. The van der Waals surface area contributed by atoms with Crippen molar-refractivity contribution in [2.75, 3.05) is 7.11 Å². The molecule has 0 spiro atoms. The summed E-state index contributed by atoms with van der Waals surface area (Å²) in [5, 5.41) is 8.77. The van der Waals surface area contributed by atoms with E-state index in [1.807, 2.05) is 12.2 Å². The Hall–Kier alpha value is -2.40. The summed E-state index contributed by atoms with van der Waals surface area (Å²) in [4.78, 5) is 22.9. The summed E-state index contributed by atoms with van der Waals surface area (Å²) in [5.74, 6) is 0.132. The van der Waals surface area contributed by atoms with Gasteiger partial charge in [0, 0.05) is 17.1 Å². The van der Waals surface area contributed by atoms with Crippen LogP contribution in [0.4, 0.5) is 0 Å².